The van der Waals surface area contributed by atoms with E-state index in [4.69, 9.17) is 9.47 Å². The first-order valence-corrected chi connectivity index (χ1v) is 13.1. The topological polar surface area (TPSA) is 70.3 Å². The van der Waals surface area contributed by atoms with Crippen LogP contribution in [0.5, 0.6) is 5.75 Å². The molecule has 7 nitrogen and oxygen atoms in total. The van der Waals surface area contributed by atoms with Crippen LogP contribution >= 0.6 is 0 Å². The smallest absolute Gasteiger partial charge is 0.119 e. The Morgan fingerprint density at radius 1 is 1.06 bits per heavy atom. The molecule has 2 heterocycles. The summed E-state index contributed by atoms with van der Waals surface area (Å²) in [5, 5.41) is 21.7. The van der Waals surface area contributed by atoms with Crippen LogP contribution in [0, 0.1) is 13.8 Å². The van der Waals surface area contributed by atoms with Crippen molar-refractivity contribution in [2.75, 3.05) is 59.2 Å². The molecular formula is C29H41N3O4. The maximum absolute atomic E-state index is 11.0. The van der Waals surface area contributed by atoms with E-state index in [1.807, 2.05) is 18.2 Å². The van der Waals surface area contributed by atoms with E-state index in [-0.39, 0.29) is 6.61 Å². The van der Waals surface area contributed by atoms with Crippen LogP contribution in [0.4, 0.5) is 0 Å². The standard InChI is InChI=1S/C29H41N3O4/c1-23-24(2)32(29-7-4-3-6-28(23)29)22-26(34)21-31(12-5-16-33)20-25-8-10-27(11-9-25)36-19-15-30-13-17-35-18-14-30/h3-4,6-11,26,33-34H,5,12-22H2,1-2H3/t26-/m0/s1. The van der Waals surface area contributed by atoms with Crippen molar-refractivity contribution in [1.29, 1.82) is 0 Å². The van der Waals surface area contributed by atoms with Gasteiger partial charge in [-0.3, -0.25) is 9.80 Å². The lowest BCUT2D eigenvalue weighted by Crippen LogP contribution is -2.38. The largest absolute Gasteiger partial charge is 0.492 e. The van der Waals surface area contributed by atoms with Crippen LogP contribution in [0.1, 0.15) is 23.2 Å². The van der Waals surface area contributed by atoms with Gasteiger partial charge in [-0.2, -0.15) is 0 Å². The predicted octanol–water partition coefficient (Wildman–Crippen LogP) is 3.21. The molecule has 1 aliphatic rings. The highest BCUT2D eigenvalue weighted by Gasteiger charge is 2.17. The minimum Gasteiger partial charge on any atom is -0.492 e. The first-order chi connectivity index (χ1) is 17.5. The second kappa shape index (κ2) is 13.2. The van der Waals surface area contributed by atoms with Crippen LogP contribution in [0.25, 0.3) is 10.9 Å². The molecule has 0 bridgehead atoms. The fraction of sp³-hybridized carbons (Fsp3) is 0.517. The molecule has 4 rings (SSSR count). The molecule has 0 spiro atoms. The SMILES string of the molecule is Cc1c(C)n(C[C@@H](O)CN(CCCO)Cc2ccc(OCCN3CCOCC3)cc2)c2ccccc12. The maximum atomic E-state index is 11.0. The lowest BCUT2D eigenvalue weighted by Gasteiger charge is -2.26. The Labute approximate surface area is 214 Å². The zero-order chi connectivity index (χ0) is 25.3. The summed E-state index contributed by atoms with van der Waals surface area (Å²) < 4.78 is 13.6. The summed E-state index contributed by atoms with van der Waals surface area (Å²) >= 11 is 0. The number of hydrogen-bond acceptors (Lipinski definition) is 6. The van der Waals surface area contributed by atoms with E-state index in [0.717, 1.165) is 57.2 Å². The number of aryl methyl sites for hydroxylation is 1. The van der Waals surface area contributed by atoms with Crippen molar-refractivity contribution in [2.45, 2.75) is 39.5 Å². The van der Waals surface area contributed by atoms with Crippen molar-refractivity contribution in [1.82, 2.24) is 14.4 Å². The third-order valence-electron chi connectivity index (χ3n) is 7.15. The monoisotopic (exact) mass is 495 g/mol. The molecule has 0 radical (unpaired) electrons. The van der Waals surface area contributed by atoms with Gasteiger partial charge in [0.05, 0.1) is 25.9 Å². The van der Waals surface area contributed by atoms with Crippen LogP contribution in [0.3, 0.4) is 0 Å². The number of hydrogen-bond donors (Lipinski definition) is 2. The molecular weight excluding hydrogens is 454 g/mol. The Balaban J connectivity index is 1.32. The Hall–Kier alpha value is -2.42. The molecule has 0 unspecified atom stereocenters. The van der Waals surface area contributed by atoms with Gasteiger partial charge in [-0.15, -0.1) is 0 Å². The van der Waals surface area contributed by atoms with E-state index in [2.05, 4.69) is 58.5 Å². The van der Waals surface area contributed by atoms with E-state index < -0.39 is 6.10 Å². The molecule has 1 saturated heterocycles. The molecule has 1 fully saturated rings. The molecule has 7 heteroatoms. The molecule has 0 amide bonds. The molecule has 1 aromatic heterocycles. The highest BCUT2D eigenvalue weighted by molar-refractivity contribution is 5.85. The zero-order valence-electron chi connectivity index (χ0n) is 21.7. The molecule has 0 saturated carbocycles. The fourth-order valence-electron chi connectivity index (χ4n) is 5.00. The summed E-state index contributed by atoms with van der Waals surface area (Å²) in [6, 6.07) is 16.6. The van der Waals surface area contributed by atoms with Gasteiger partial charge >= 0.3 is 0 Å². The summed E-state index contributed by atoms with van der Waals surface area (Å²) in [4.78, 5) is 4.59. The highest BCUT2D eigenvalue weighted by atomic mass is 16.5. The summed E-state index contributed by atoms with van der Waals surface area (Å²) in [7, 11) is 0. The van der Waals surface area contributed by atoms with Crippen molar-refractivity contribution >= 4 is 10.9 Å². The summed E-state index contributed by atoms with van der Waals surface area (Å²) in [6.07, 6.45) is 0.167. The van der Waals surface area contributed by atoms with Crippen molar-refractivity contribution < 1.29 is 19.7 Å². The highest BCUT2D eigenvalue weighted by Crippen LogP contribution is 2.25. The van der Waals surface area contributed by atoms with E-state index in [9.17, 15) is 10.2 Å². The Morgan fingerprint density at radius 2 is 1.81 bits per heavy atom. The minimum absolute atomic E-state index is 0.142. The second-order valence-corrected chi connectivity index (χ2v) is 9.75. The normalized spacial score (nSPS) is 15.6. The van der Waals surface area contributed by atoms with Crippen LogP contribution in [0.15, 0.2) is 48.5 Å². The van der Waals surface area contributed by atoms with Gasteiger partial charge in [0.15, 0.2) is 0 Å². The minimum atomic E-state index is -0.514. The van der Waals surface area contributed by atoms with Crippen LogP contribution in [0.2, 0.25) is 0 Å². The number of para-hydroxylation sites is 1. The zero-order valence-corrected chi connectivity index (χ0v) is 21.7. The number of morpholine rings is 1. The quantitative estimate of drug-likeness (QED) is 0.380. The van der Waals surface area contributed by atoms with E-state index in [1.54, 1.807) is 0 Å². The molecule has 36 heavy (non-hydrogen) atoms. The van der Waals surface area contributed by atoms with Gasteiger partial charge in [0, 0.05) is 62.5 Å². The first-order valence-electron chi connectivity index (χ1n) is 13.1. The third kappa shape index (κ3) is 7.08. The molecule has 196 valence electrons. The predicted molar refractivity (Wildman–Crippen MR) is 144 cm³/mol. The number of nitrogens with zero attached hydrogens (tertiary/aromatic N) is 3. The molecule has 2 aromatic carbocycles. The van der Waals surface area contributed by atoms with Crippen molar-refractivity contribution in [3.8, 4) is 5.75 Å². The average molecular weight is 496 g/mol. The summed E-state index contributed by atoms with van der Waals surface area (Å²) in [5.74, 6) is 0.874. The fourth-order valence-corrected chi connectivity index (χ4v) is 5.00. The molecule has 2 N–H and O–H groups in total. The number of aliphatic hydroxyl groups is 2. The van der Waals surface area contributed by atoms with Crippen molar-refractivity contribution in [3.63, 3.8) is 0 Å². The van der Waals surface area contributed by atoms with Crippen molar-refractivity contribution in [3.05, 3.63) is 65.4 Å². The van der Waals surface area contributed by atoms with E-state index >= 15 is 0 Å². The van der Waals surface area contributed by atoms with Gasteiger partial charge in [0.1, 0.15) is 12.4 Å². The maximum Gasteiger partial charge on any atom is 0.119 e. The van der Waals surface area contributed by atoms with E-state index in [1.165, 1.54) is 22.2 Å². The number of rotatable bonds is 13. The number of aromatic nitrogens is 1. The lowest BCUT2D eigenvalue weighted by molar-refractivity contribution is 0.0322. The molecule has 1 aliphatic heterocycles. The number of aliphatic hydroxyl groups excluding tert-OH is 2. The van der Waals surface area contributed by atoms with Gasteiger partial charge in [-0.1, -0.05) is 30.3 Å². The Kier molecular flexibility index (Phi) is 9.78. The van der Waals surface area contributed by atoms with Gasteiger partial charge in [-0.05, 0) is 49.6 Å². The van der Waals surface area contributed by atoms with Crippen LogP contribution in [-0.4, -0.2) is 89.8 Å². The molecule has 0 aliphatic carbocycles. The first kappa shape index (κ1) is 26.6. The second-order valence-electron chi connectivity index (χ2n) is 9.75. The average Bonchev–Trinajstić information content (AvgIpc) is 3.14. The lowest BCUT2D eigenvalue weighted by atomic mass is 10.2. The third-order valence-corrected chi connectivity index (χ3v) is 7.15. The Morgan fingerprint density at radius 3 is 2.56 bits per heavy atom. The summed E-state index contributed by atoms with van der Waals surface area (Å²) in [5.41, 5.74) is 4.79. The van der Waals surface area contributed by atoms with Crippen LogP contribution < -0.4 is 4.74 Å². The van der Waals surface area contributed by atoms with Gasteiger partial charge < -0.3 is 24.3 Å². The van der Waals surface area contributed by atoms with Crippen molar-refractivity contribution in [2.24, 2.45) is 0 Å². The van der Waals surface area contributed by atoms with Gasteiger partial charge in [-0.25, -0.2) is 0 Å². The van der Waals surface area contributed by atoms with E-state index in [0.29, 0.717) is 26.1 Å². The molecule has 3 aromatic rings. The van der Waals surface area contributed by atoms with Crippen LogP contribution in [-0.2, 0) is 17.8 Å². The Bertz CT molecular complexity index is 1080. The van der Waals surface area contributed by atoms with Gasteiger partial charge in [0.2, 0.25) is 0 Å². The number of ether oxygens (including phenoxy) is 2. The van der Waals surface area contributed by atoms with Gasteiger partial charge in [0.25, 0.3) is 0 Å². The number of benzene rings is 2. The molecule has 1 atom stereocenters. The number of fused-ring (bicyclic) bond motifs is 1. The summed E-state index contributed by atoms with van der Waals surface area (Å²) in [6.45, 7) is 12.1.